The number of aromatic nitrogens is 2. The van der Waals surface area contributed by atoms with Gasteiger partial charge in [-0.05, 0) is 55.8 Å². The van der Waals surface area contributed by atoms with Crippen LogP contribution in [0.15, 0.2) is 48.8 Å². The highest BCUT2D eigenvalue weighted by atomic mass is 16.5. The molecule has 27 heavy (non-hydrogen) atoms. The SMILES string of the molecule is COc1ccc(C)cc1Nc1ncnc(Nc2ccc(C(C)=O)cc2)c1N. The van der Waals surface area contributed by atoms with E-state index in [2.05, 4.69) is 20.6 Å². The van der Waals surface area contributed by atoms with Gasteiger partial charge in [0.15, 0.2) is 17.4 Å². The van der Waals surface area contributed by atoms with Crippen LogP contribution in [0.1, 0.15) is 22.8 Å². The third kappa shape index (κ3) is 4.14. The molecule has 0 aliphatic rings. The van der Waals surface area contributed by atoms with Crippen molar-refractivity contribution in [3.05, 3.63) is 59.9 Å². The summed E-state index contributed by atoms with van der Waals surface area (Å²) in [5.41, 5.74) is 9.87. The third-order valence-electron chi connectivity index (χ3n) is 4.05. The van der Waals surface area contributed by atoms with E-state index in [0.29, 0.717) is 28.6 Å². The van der Waals surface area contributed by atoms with Gasteiger partial charge in [0, 0.05) is 11.3 Å². The number of carbonyl (C=O) groups is 1. The number of carbonyl (C=O) groups excluding carboxylic acids is 1. The number of nitrogens with one attached hydrogen (secondary N) is 2. The fourth-order valence-corrected chi connectivity index (χ4v) is 2.57. The van der Waals surface area contributed by atoms with Gasteiger partial charge in [0.1, 0.15) is 17.8 Å². The molecule has 7 nitrogen and oxygen atoms in total. The van der Waals surface area contributed by atoms with Crippen molar-refractivity contribution in [3.8, 4) is 5.75 Å². The predicted octanol–water partition coefficient (Wildman–Crippen LogP) is 4.07. The van der Waals surface area contributed by atoms with Crippen LogP contribution in [0.25, 0.3) is 0 Å². The van der Waals surface area contributed by atoms with Gasteiger partial charge in [-0.25, -0.2) is 9.97 Å². The van der Waals surface area contributed by atoms with Gasteiger partial charge < -0.3 is 21.1 Å². The number of hydrogen-bond donors (Lipinski definition) is 3. The number of nitrogens with zero attached hydrogens (tertiary/aromatic N) is 2. The molecule has 0 fully saturated rings. The number of ketones is 1. The lowest BCUT2D eigenvalue weighted by atomic mass is 10.1. The zero-order valence-corrected chi connectivity index (χ0v) is 15.4. The molecular formula is C20H21N5O2. The number of Topliss-reactive ketones (excluding diaryl/α,β-unsaturated/α-hetero) is 1. The van der Waals surface area contributed by atoms with Crippen LogP contribution in [0.5, 0.6) is 5.75 Å². The number of aryl methyl sites for hydroxylation is 1. The molecule has 4 N–H and O–H groups in total. The maximum atomic E-state index is 11.4. The summed E-state index contributed by atoms with van der Waals surface area (Å²) < 4.78 is 5.38. The second-order valence-corrected chi connectivity index (χ2v) is 6.07. The maximum absolute atomic E-state index is 11.4. The quantitative estimate of drug-likeness (QED) is 0.567. The van der Waals surface area contributed by atoms with E-state index in [9.17, 15) is 4.79 Å². The van der Waals surface area contributed by atoms with Crippen molar-refractivity contribution < 1.29 is 9.53 Å². The molecule has 3 aromatic rings. The van der Waals surface area contributed by atoms with E-state index >= 15 is 0 Å². The zero-order valence-electron chi connectivity index (χ0n) is 15.4. The smallest absolute Gasteiger partial charge is 0.159 e. The zero-order chi connectivity index (χ0) is 19.4. The first-order valence-corrected chi connectivity index (χ1v) is 8.38. The lowest BCUT2D eigenvalue weighted by molar-refractivity contribution is 0.101. The van der Waals surface area contributed by atoms with Crippen LogP contribution in [-0.2, 0) is 0 Å². The Morgan fingerprint density at radius 1 is 1.04 bits per heavy atom. The molecule has 0 saturated heterocycles. The average molecular weight is 363 g/mol. The van der Waals surface area contributed by atoms with Crippen LogP contribution < -0.4 is 21.1 Å². The van der Waals surface area contributed by atoms with E-state index in [4.69, 9.17) is 10.5 Å². The first-order valence-electron chi connectivity index (χ1n) is 8.38. The van der Waals surface area contributed by atoms with Gasteiger partial charge in [-0.3, -0.25) is 4.79 Å². The average Bonchev–Trinajstić information content (AvgIpc) is 2.65. The highest BCUT2D eigenvalue weighted by Crippen LogP contribution is 2.32. The first-order chi connectivity index (χ1) is 13.0. The lowest BCUT2D eigenvalue weighted by Gasteiger charge is -2.15. The molecule has 0 aliphatic heterocycles. The van der Waals surface area contributed by atoms with E-state index in [1.54, 1.807) is 31.4 Å². The van der Waals surface area contributed by atoms with Gasteiger partial charge in [0.2, 0.25) is 0 Å². The fraction of sp³-hybridized carbons (Fsp3) is 0.150. The Morgan fingerprint density at radius 3 is 2.33 bits per heavy atom. The van der Waals surface area contributed by atoms with Crippen molar-refractivity contribution in [2.24, 2.45) is 0 Å². The number of ether oxygens (including phenoxy) is 1. The molecule has 1 heterocycles. The molecule has 0 saturated carbocycles. The topological polar surface area (TPSA) is 102 Å². The van der Waals surface area contributed by atoms with Crippen molar-refractivity contribution in [3.63, 3.8) is 0 Å². The second-order valence-electron chi connectivity index (χ2n) is 6.07. The van der Waals surface area contributed by atoms with Gasteiger partial charge in [0.25, 0.3) is 0 Å². The monoisotopic (exact) mass is 363 g/mol. The molecule has 0 amide bonds. The molecule has 0 bridgehead atoms. The van der Waals surface area contributed by atoms with Crippen molar-refractivity contribution >= 4 is 34.5 Å². The van der Waals surface area contributed by atoms with Gasteiger partial charge >= 0.3 is 0 Å². The standard InChI is InChI=1S/C20H21N5O2/c1-12-4-9-17(27-3)16(10-12)25-20-18(21)19(22-11-23-20)24-15-7-5-14(6-8-15)13(2)26/h4-11H,21H2,1-3H3,(H2,22,23,24,25). The molecule has 7 heteroatoms. The number of rotatable bonds is 6. The van der Waals surface area contributed by atoms with E-state index < -0.39 is 0 Å². The van der Waals surface area contributed by atoms with Gasteiger partial charge in [-0.2, -0.15) is 0 Å². The molecule has 0 atom stereocenters. The normalized spacial score (nSPS) is 10.3. The molecule has 0 radical (unpaired) electrons. The Bertz CT molecular complexity index is 971. The van der Waals surface area contributed by atoms with Crippen LogP contribution in [0.2, 0.25) is 0 Å². The Labute approximate surface area is 157 Å². The Hall–Kier alpha value is -3.61. The van der Waals surface area contributed by atoms with E-state index in [1.165, 1.54) is 13.3 Å². The van der Waals surface area contributed by atoms with Crippen LogP contribution in [0.4, 0.5) is 28.7 Å². The summed E-state index contributed by atoms with van der Waals surface area (Å²) in [7, 11) is 1.61. The summed E-state index contributed by atoms with van der Waals surface area (Å²) in [6, 6.07) is 12.9. The highest BCUT2D eigenvalue weighted by molar-refractivity contribution is 5.94. The Balaban J connectivity index is 1.86. The fourth-order valence-electron chi connectivity index (χ4n) is 2.57. The van der Waals surface area contributed by atoms with Gasteiger partial charge in [-0.1, -0.05) is 6.07 Å². The van der Waals surface area contributed by atoms with Gasteiger partial charge in [-0.15, -0.1) is 0 Å². The third-order valence-corrected chi connectivity index (χ3v) is 4.05. The molecular weight excluding hydrogens is 342 g/mol. The minimum absolute atomic E-state index is 0.0155. The van der Waals surface area contributed by atoms with Crippen molar-refractivity contribution in [1.82, 2.24) is 9.97 Å². The Morgan fingerprint density at radius 2 is 1.70 bits per heavy atom. The van der Waals surface area contributed by atoms with Gasteiger partial charge in [0.05, 0.1) is 12.8 Å². The van der Waals surface area contributed by atoms with Crippen molar-refractivity contribution in [2.75, 3.05) is 23.5 Å². The molecule has 138 valence electrons. The van der Waals surface area contributed by atoms with Crippen LogP contribution >= 0.6 is 0 Å². The Kier molecular flexibility index (Phi) is 5.21. The summed E-state index contributed by atoms with van der Waals surface area (Å²) in [6.07, 6.45) is 1.42. The van der Waals surface area contributed by atoms with E-state index in [0.717, 1.165) is 16.9 Å². The lowest BCUT2D eigenvalue weighted by Crippen LogP contribution is -2.06. The molecule has 1 aromatic heterocycles. The number of methoxy groups -OCH3 is 1. The summed E-state index contributed by atoms with van der Waals surface area (Å²) in [5, 5.41) is 6.34. The first kappa shape index (κ1) is 18.2. The molecule has 3 rings (SSSR count). The predicted molar refractivity (Wildman–Crippen MR) is 107 cm³/mol. The van der Waals surface area contributed by atoms with Crippen molar-refractivity contribution in [1.29, 1.82) is 0 Å². The summed E-state index contributed by atoms with van der Waals surface area (Å²) in [6.45, 7) is 3.52. The minimum Gasteiger partial charge on any atom is -0.495 e. The molecule has 0 unspecified atom stereocenters. The molecule has 0 spiro atoms. The minimum atomic E-state index is 0.0155. The summed E-state index contributed by atoms with van der Waals surface area (Å²) in [5.74, 6) is 1.64. The number of hydrogen-bond acceptors (Lipinski definition) is 7. The van der Waals surface area contributed by atoms with Crippen LogP contribution in [0, 0.1) is 6.92 Å². The summed E-state index contributed by atoms with van der Waals surface area (Å²) >= 11 is 0. The molecule has 0 aliphatic carbocycles. The van der Waals surface area contributed by atoms with E-state index in [-0.39, 0.29) is 5.78 Å². The molecule has 2 aromatic carbocycles. The largest absolute Gasteiger partial charge is 0.495 e. The van der Waals surface area contributed by atoms with Crippen molar-refractivity contribution in [2.45, 2.75) is 13.8 Å². The van der Waals surface area contributed by atoms with Crippen LogP contribution in [0.3, 0.4) is 0 Å². The number of benzene rings is 2. The number of anilines is 5. The highest BCUT2D eigenvalue weighted by Gasteiger charge is 2.11. The number of nitrogen functional groups attached to an aromatic ring is 1. The summed E-state index contributed by atoms with van der Waals surface area (Å²) in [4.78, 5) is 19.8. The van der Waals surface area contributed by atoms with E-state index in [1.807, 2.05) is 25.1 Å². The maximum Gasteiger partial charge on any atom is 0.159 e. The number of nitrogens with two attached hydrogens (primary N) is 1. The second kappa shape index (κ2) is 7.74. The van der Waals surface area contributed by atoms with Crippen LogP contribution in [-0.4, -0.2) is 22.9 Å².